The van der Waals surface area contributed by atoms with Crippen molar-refractivity contribution in [2.45, 2.75) is 19.6 Å². The maximum absolute atomic E-state index is 5.80. The lowest BCUT2D eigenvalue weighted by Gasteiger charge is -2.08. The highest BCUT2D eigenvalue weighted by Crippen LogP contribution is 2.19. The van der Waals surface area contributed by atoms with Crippen LogP contribution in [0.15, 0.2) is 28.7 Å². The maximum atomic E-state index is 5.80. The van der Waals surface area contributed by atoms with Gasteiger partial charge in [-0.05, 0) is 24.3 Å². The van der Waals surface area contributed by atoms with Crippen LogP contribution in [0.4, 0.5) is 0 Å². The van der Waals surface area contributed by atoms with E-state index in [9.17, 15) is 0 Å². The van der Waals surface area contributed by atoms with Gasteiger partial charge in [0.1, 0.15) is 11.5 Å². The minimum atomic E-state index is 0.342. The van der Waals surface area contributed by atoms with Gasteiger partial charge in [-0.1, -0.05) is 11.6 Å². The highest BCUT2D eigenvalue weighted by atomic mass is 35.5. The van der Waals surface area contributed by atoms with Crippen LogP contribution in [0.1, 0.15) is 17.3 Å². The first-order chi connectivity index (χ1) is 8.81. The molecule has 0 fully saturated rings. The van der Waals surface area contributed by atoms with Crippen molar-refractivity contribution in [3.63, 3.8) is 0 Å². The fourth-order valence-corrected chi connectivity index (χ4v) is 2.04. The van der Waals surface area contributed by atoms with Crippen molar-refractivity contribution in [2.24, 2.45) is 0 Å². The second kappa shape index (κ2) is 5.00. The molecule has 4 nitrogen and oxygen atoms in total. The highest BCUT2D eigenvalue weighted by Gasteiger charge is 2.16. The zero-order valence-electron chi connectivity index (χ0n) is 9.78. The Morgan fingerprint density at radius 2 is 2.17 bits per heavy atom. The number of hydrogen-bond acceptors (Lipinski definition) is 4. The Kier molecular flexibility index (Phi) is 3.21. The molecule has 0 radical (unpaired) electrons. The lowest BCUT2D eigenvalue weighted by Crippen LogP contribution is -2.22. The van der Waals surface area contributed by atoms with Gasteiger partial charge in [0.25, 0.3) is 0 Å². The molecular formula is C13H13ClN2O2. The summed E-state index contributed by atoms with van der Waals surface area (Å²) in [4.78, 5) is 4.43. The lowest BCUT2D eigenvalue weighted by molar-refractivity contribution is 0.258. The fourth-order valence-electron chi connectivity index (χ4n) is 1.92. The number of oxazole rings is 1. The molecule has 5 heteroatoms. The summed E-state index contributed by atoms with van der Waals surface area (Å²) in [6, 6.07) is 7.24. The van der Waals surface area contributed by atoms with Crippen LogP contribution in [0, 0.1) is 0 Å². The smallest absolute Gasteiger partial charge is 0.232 e. The number of nitrogens with one attached hydrogen (secondary N) is 1. The van der Waals surface area contributed by atoms with E-state index in [2.05, 4.69) is 10.3 Å². The summed E-state index contributed by atoms with van der Waals surface area (Å²) in [5.74, 6) is 2.31. The van der Waals surface area contributed by atoms with Gasteiger partial charge in [0, 0.05) is 18.0 Å². The summed E-state index contributed by atoms with van der Waals surface area (Å²) in [7, 11) is 0. The summed E-state index contributed by atoms with van der Waals surface area (Å²) in [6.45, 7) is 2.05. The number of halogens is 1. The first kappa shape index (κ1) is 11.6. The minimum absolute atomic E-state index is 0.342. The van der Waals surface area contributed by atoms with Crippen LogP contribution in [0.5, 0.6) is 5.75 Å². The van der Waals surface area contributed by atoms with Crippen LogP contribution in [0.25, 0.3) is 0 Å². The van der Waals surface area contributed by atoms with Crippen LogP contribution in [-0.2, 0) is 19.6 Å². The van der Waals surface area contributed by atoms with E-state index in [1.807, 2.05) is 12.1 Å². The van der Waals surface area contributed by atoms with Gasteiger partial charge in [-0.3, -0.25) is 0 Å². The van der Waals surface area contributed by atoms with E-state index in [0.717, 1.165) is 36.7 Å². The molecular weight excluding hydrogens is 252 g/mol. The minimum Gasteiger partial charge on any atom is -0.484 e. The van der Waals surface area contributed by atoms with Gasteiger partial charge in [0.05, 0.1) is 12.2 Å². The Bertz CT molecular complexity index is 513. The predicted molar refractivity (Wildman–Crippen MR) is 67.7 cm³/mol. The van der Waals surface area contributed by atoms with E-state index >= 15 is 0 Å². The molecule has 0 unspecified atom stereocenters. The van der Waals surface area contributed by atoms with Crippen molar-refractivity contribution < 1.29 is 9.15 Å². The molecule has 0 atom stereocenters. The third-order valence-corrected chi connectivity index (χ3v) is 3.07. The van der Waals surface area contributed by atoms with Crippen LogP contribution in [0.3, 0.4) is 0 Å². The number of hydrogen-bond donors (Lipinski definition) is 1. The van der Waals surface area contributed by atoms with E-state index in [0.29, 0.717) is 17.5 Å². The molecule has 3 rings (SSSR count). The Hall–Kier alpha value is -1.52. The van der Waals surface area contributed by atoms with Gasteiger partial charge < -0.3 is 14.5 Å². The van der Waals surface area contributed by atoms with Gasteiger partial charge in [0.2, 0.25) is 5.89 Å². The van der Waals surface area contributed by atoms with Crippen molar-refractivity contribution in [1.29, 1.82) is 0 Å². The first-order valence-electron chi connectivity index (χ1n) is 5.88. The number of fused-ring (bicyclic) bond motifs is 1. The van der Waals surface area contributed by atoms with Crippen molar-refractivity contribution in [1.82, 2.24) is 10.3 Å². The molecule has 1 aromatic heterocycles. The summed E-state index contributed by atoms with van der Waals surface area (Å²) in [6.07, 6.45) is 0.916. The summed E-state index contributed by atoms with van der Waals surface area (Å²) in [5, 5.41) is 3.94. The van der Waals surface area contributed by atoms with Gasteiger partial charge >= 0.3 is 0 Å². The SMILES string of the molecule is Clc1ccc(OCc2nc3c(o2)CNCC3)cc1. The lowest BCUT2D eigenvalue weighted by atomic mass is 10.2. The monoisotopic (exact) mass is 264 g/mol. The molecule has 2 aromatic rings. The third-order valence-electron chi connectivity index (χ3n) is 2.82. The topological polar surface area (TPSA) is 47.3 Å². The molecule has 0 aliphatic carbocycles. The Morgan fingerprint density at radius 3 is 2.94 bits per heavy atom. The molecule has 2 heterocycles. The van der Waals surface area contributed by atoms with Crippen LogP contribution >= 0.6 is 11.6 Å². The molecule has 18 heavy (non-hydrogen) atoms. The molecule has 94 valence electrons. The van der Waals surface area contributed by atoms with Gasteiger partial charge in [-0.15, -0.1) is 0 Å². The van der Waals surface area contributed by atoms with Crippen LogP contribution < -0.4 is 10.1 Å². The van der Waals surface area contributed by atoms with Crippen molar-refractivity contribution in [3.8, 4) is 5.75 Å². The molecule has 1 aliphatic rings. The Morgan fingerprint density at radius 1 is 1.33 bits per heavy atom. The summed E-state index contributed by atoms with van der Waals surface area (Å²) < 4.78 is 11.2. The molecule has 0 saturated heterocycles. The summed E-state index contributed by atoms with van der Waals surface area (Å²) >= 11 is 5.80. The number of ether oxygens (including phenoxy) is 1. The Labute approximate surface area is 110 Å². The third kappa shape index (κ3) is 2.49. The van der Waals surface area contributed by atoms with E-state index in [4.69, 9.17) is 20.8 Å². The van der Waals surface area contributed by atoms with Crippen molar-refractivity contribution in [3.05, 3.63) is 46.6 Å². The van der Waals surface area contributed by atoms with Crippen molar-refractivity contribution in [2.75, 3.05) is 6.54 Å². The molecule has 0 amide bonds. The zero-order chi connectivity index (χ0) is 12.4. The maximum Gasteiger partial charge on any atom is 0.232 e. The van der Waals surface area contributed by atoms with E-state index in [-0.39, 0.29) is 0 Å². The number of benzene rings is 1. The van der Waals surface area contributed by atoms with E-state index < -0.39 is 0 Å². The molecule has 1 N–H and O–H groups in total. The largest absolute Gasteiger partial charge is 0.484 e. The highest BCUT2D eigenvalue weighted by molar-refractivity contribution is 6.30. The molecule has 0 spiro atoms. The molecule has 0 saturated carbocycles. The second-order valence-electron chi connectivity index (χ2n) is 4.15. The number of aromatic nitrogens is 1. The normalized spacial score (nSPS) is 14.3. The van der Waals surface area contributed by atoms with E-state index in [1.165, 1.54) is 0 Å². The average Bonchev–Trinajstić information content (AvgIpc) is 2.81. The van der Waals surface area contributed by atoms with Gasteiger partial charge in [-0.2, -0.15) is 0 Å². The summed E-state index contributed by atoms with van der Waals surface area (Å²) in [5.41, 5.74) is 1.04. The van der Waals surface area contributed by atoms with E-state index in [1.54, 1.807) is 12.1 Å². The zero-order valence-corrected chi connectivity index (χ0v) is 10.5. The van der Waals surface area contributed by atoms with Crippen LogP contribution in [0.2, 0.25) is 5.02 Å². The number of rotatable bonds is 3. The van der Waals surface area contributed by atoms with Crippen molar-refractivity contribution >= 4 is 11.6 Å². The predicted octanol–water partition coefficient (Wildman–Crippen LogP) is 2.55. The first-order valence-corrected chi connectivity index (χ1v) is 6.25. The fraction of sp³-hybridized carbons (Fsp3) is 0.308. The number of nitrogens with zero attached hydrogens (tertiary/aromatic N) is 1. The Balaban J connectivity index is 1.66. The van der Waals surface area contributed by atoms with Gasteiger partial charge in [-0.25, -0.2) is 4.98 Å². The molecule has 0 bridgehead atoms. The standard InChI is InChI=1S/C13H13ClN2O2/c14-9-1-3-10(4-2-9)17-8-13-16-11-5-6-15-7-12(11)18-13/h1-4,15H,5-8H2. The average molecular weight is 265 g/mol. The second-order valence-corrected chi connectivity index (χ2v) is 4.58. The molecule has 1 aromatic carbocycles. The van der Waals surface area contributed by atoms with Gasteiger partial charge in [0.15, 0.2) is 6.61 Å². The molecule has 1 aliphatic heterocycles. The van der Waals surface area contributed by atoms with Crippen LogP contribution in [-0.4, -0.2) is 11.5 Å². The quantitative estimate of drug-likeness (QED) is 0.926.